The molecule has 0 aromatic carbocycles. The largest absolute Gasteiger partial charge is 0.480 e. The molecule has 36 heavy (non-hydrogen) atoms. The average Bonchev–Trinajstić information content (AvgIpc) is 3.82. The molecule has 1 unspecified atom stereocenters. The van der Waals surface area contributed by atoms with E-state index < -0.39 is 6.04 Å². The number of carbonyl (C=O) groups excluding carboxylic acids is 2. The first-order valence-corrected chi connectivity index (χ1v) is 12.4. The quantitative estimate of drug-likeness (QED) is 0.312. The third-order valence-electron chi connectivity index (χ3n) is 6.56. The van der Waals surface area contributed by atoms with Crippen LogP contribution >= 0.6 is 0 Å². The molecule has 0 aliphatic heterocycles. The summed E-state index contributed by atoms with van der Waals surface area (Å²) in [4.78, 5) is 35.1. The predicted octanol–water partition coefficient (Wildman–Crippen LogP) is 2.19. The SMILES string of the molecule is COc1nccnc1CN/C=C(\C=N)NC(=O)C(NC(=O)c1ccnn1C(C)C)C(C1CC1)C1CC1. The van der Waals surface area contributed by atoms with Gasteiger partial charge >= 0.3 is 0 Å². The highest BCUT2D eigenvalue weighted by atomic mass is 16.5. The van der Waals surface area contributed by atoms with Gasteiger partial charge in [0, 0.05) is 37.0 Å². The maximum absolute atomic E-state index is 13.5. The third kappa shape index (κ3) is 6.07. The van der Waals surface area contributed by atoms with E-state index in [1.807, 2.05) is 13.8 Å². The molecule has 2 aliphatic carbocycles. The predicted molar refractivity (Wildman–Crippen MR) is 133 cm³/mol. The topological polar surface area (TPSA) is 147 Å². The summed E-state index contributed by atoms with van der Waals surface area (Å²) in [5.41, 5.74) is 1.30. The molecule has 11 heteroatoms. The molecule has 11 nitrogen and oxygen atoms in total. The molecule has 2 amide bonds. The fraction of sp³-hybridized carbons (Fsp3) is 0.520. The van der Waals surface area contributed by atoms with Crippen LogP contribution in [0.25, 0.3) is 0 Å². The van der Waals surface area contributed by atoms with E-state index in [9.17, 15) is 9.59 Å². The van der Waals surface area contributed by atoms with E-state index in [-0.39, 0.29) is 29.5 Å². The first-order valence-electron chi connectivity index (χ1n) is 12.4. The van der Waals surface area contributed by atoms with Crippen molar-refractivity contribution in [2.45, 2.75) is 58.2 Å². The van der Waals surface area contributed by atoms with Gasteiger partial charge in [-0.2, -0.15) is 5.10 Å². The Bertz CT molecular complexity index is 1110. The Balaban J connectivity index is 1.48. The highest BCUT2D eigenvalue weighted by Gasteiger charge is 2.48. The lowest BCUT2D eigenvalue weighted by Gasteiger charge is -2.28. The summed E-state index contributed by atoms with van der Waals surface area (Å²) in [6.07, 6.45) is 11.6. The molecule has 192 valence electrons. The number of methoxy groups -OCH3 is 1. The van der Waals surface area contributed by atoms with E-state index in [4.69, 9.17) is 10.1 Å². The van der Waals surface area contributed by atoms with Crippen LogP contribution in [-0.4, -0.2) is 50.9 Å². The van der Waals surface area contributed by atoms with Gasteiger partial charge in [-0.25, -0.2) is 4.98 Å². The molecule has 1 atom stereocenters. The van der Waals surface area contributed by atoms with Gasteiger partial charge in [-0.05, 0) is 63.4 Å². The highest BCUT2D eigenvalue weighted by Crippen LogP contribution is 2.50. The maximum atomic E-state index is 13.5. The molecule has 2 aliphatic rings. The van der Waals surface area contributed by atoms with Gasteiger partial charge in [0.15, 0.2) is 0 Å². The number of allylic oxidation sites excluding steroid dienone is 1. The molecule has 2 aromatic rings. The molecule has 0 radical (unpaired) electrons. The molecular weight excluding hydrogens is 460 g/mol. The zero-order chi connectivity index (χ0) is 25.7. The van der Waals surface area contributed by atoms with Crippen LogP contribution < -0.4 is 20.7 Å². The first-order chi connectivity index (χ1) is 17.4. The van der Waals surface area contributed by atoms with E-state index in [0.717, 1.165) is 31.9 Å². The van der Waals surface area contributed by atoms with Crippen molar-refractivity contribution >= 4 is 18.0 Å². The number of hydrogen-bond donors (Lipinski definition) is 4. The van der Waals surface area contributed by atoms with Crippen LogP contribution in [0.4, 0.5) is 0 Å². The molecule has 0 bridgehead atoms. The first kappa shape index (κ1) is 25.3. The Hall–Kier alpha value is -3.76. The molecule has 0 saturated heterocycles. The van der Waals surface area contributed by atoms with Crippen molar-refractivity contribution in [3.63, 3.8) is 0 Å². The highest BCUT2D eigenvalue weighted by molar-refractivity contribution is 5.98. The standard InChI is InChI=1S/C25H34N8O3/c1-15(2)33-20(8-9-30-33)23(34)32-22(21(16-4-5-16)17-6-7-17)24(35)31-18(12-26)13-27-14-19-25(36-3)29-11-10-28-19/h8-13,15-17,21-22,26-27H,4-7,14H2,1-3H3,(H,31,35)(H,32,34)/b18-13+,26-12?. The van der Waals surface area contributed by atoms with Gasteiger partial charge in [0.05, 0.1) is 19.4 Å². The summed E-state index contributed by atoms with van der Waals surface area (Å²) in [6, 6.07) is 0.986. The summed E-state index contributed by atoms with van der Waals surface area (Å²) in [7, 11) is 1.52. The Morgan fingerprint density at radius 1 is 1.17 bits per heavy atom. The number of nitrogens with one attached hydrogen (secondary N) is 4. The minimum absolute atomic E-state index is 0.0159. The molecule has 0 spiro atoms. The van der Waals surface area contributed by atoms with Crippen molar-refractivity contribution in [3.8, 4) is 5.88 Å². The van der Waals surface area contributed by atoms with Crippen LogP contribution in [0.2, 0.25) is 0 Å². The van der Waals surface area contributed by atoms with Gasteiger partial charge in [-0.15, -0.1) is 0 Å². The summed E-state index contributed by atoms with van der Waals surface area (Å²) in [5.74, 6) is 0.695. The molecule has 2 saturated carbocycles. The second kappa shape index (κ2) is 11.3. The van der Waals surface area contributed by atoms with Crippen LogP contribution in [0.1, 0.15) is 61.8 Å². The van der Waals surface area contributed by atoms with Gasteiger partial charge in [-0.3, -0.25) is 19.3 Å². The van der Waals surface area contributed by atoms with Crippen molar-refractivity contribution in [1.82, 2.24) is 35.7 Å². The minimum atomic E-state index is -0.698. The Morgan fingerprint density at radius 2 is 1.86 bits per heavy atom. The Labute approximate surface area is 210 Å². The van der Waals surface area contributed by atoms with Crippen molar-refractivity contribution < 1.29 is 14.3 Å². The summed E-state index contributed by atoms with van der Waals surface area (Å²) < 4.78 is 6.86. The van der Waals surface area contributed by atoms with Crippen LogP contribution in [-0.2, 0) is 11.3 Å². The van der Waals surface area contributed by atoms with E-state index in [0.29, 0.717) is 35.6 Å². The van der Waals surface area contributed by atoms with Gasteiger partial charge in [0.25, 0.3) is 5.91 Å². The second-order valence-electron chi connectivity index (χ2n) is 9.58. The van der Waals surface area contributed by atoms with Crippen molar-refractivity contribution in [3.05, 3.63) is 47.9 Å². The van der Waals surface area contributed by atoms with Crippen molar-refractivity contribution in [1.29, 1.82) is 5.41 Å². The van der Waals surface area contributed by atoms with E-state index in [2.05, 4.69) is 31.0 Å². The van der Waals surface area contributed by atoms with Crippen LogP contribution in [0.5, 0.6) is 5.88 Å². The summed E-state index contributed by atoms with van der Waals surface area (Å²) in [6.45, 7) is 4.21. The zero-order valence-electron chi connectivity index (χ0n) is 20.9. The van der Waals surface area contributed by atoms with E-state index >= 15 is 0 Å². The van der Waals surface area contributed by atoms with Crippen LogP contribution in [0, 0.1) is 23.2 Å². The number of aromatic nitrogens is 4. The van der Waals surface area contributed by atoms with Crippen molar-refractivity contribution in [2.75, 3.05) is 7.11 Å². The molecule has 4 N–H and O–H groups in total. The third-order valence-corrected chi connectivity index (χ3v) is 6.56. The normalized spacial score (nSPS) is 16.5. The molecular formula is C25H34N8O3. The van der Waals surface area contributed by atoms with Gasteiger partial charge in [-0.1, -0.05) is 0 Å². The summed E-state index contributed by atoms with van der Waals surface area (Å²) in [5, 5.41) is 20.9. The number of rotatable bonds is 13. The summed E-state index contributed by atoms with van der Waals surface area (Å²) >= 11 is 0. The second-order valence-corrected chi connectivity index (χ2v) is 9.58. The number of nitrogens with zero attached hydrogens (tertiary/aromatic N) is 4. The van der Waals surface area contributed by atoms with Gasteiger partial charge < -0.3 is 26.1 Å². The van der Waals surface area contributed by atoms with Gasteiger partial charge in [0.2, 0.25) is 11.8 Å². The molecule has 2 heterocycles. The maximum Gasteiger partial charge on any atom is 0.270 e. The molecule has 4 rings (SSSR count). The van der Waals surface area contributed by atoms with Crippen molar-refractivity contribution in [2.24, 2.45) is 17.8 Å². The monoisotopic (exact) mass is 494 g/mol. The zero-order valence-corrected chi connectivity index (χ0v) is 20.9. The van der Waals surface area contributed by atoms with Crippen LogP contribution in [0.15, 0.2) is 36.6 Å². The van der Waals surface area contributed by atoms with E-state index in [1.54, 1.807) is 29.3 Å². The lowest BCUT2D eigenvalue weighted by atomic mass is 9.88. The van der Waals surface area contributed by atoms with E-state index in [1.165, 1.54) is 13.3 Å². The number of hydrogen-bond acceptors (Lipinski definition) is 8. The lowest BCUT2D eigenvalue weighted by molar-refractivity contribution is -0.123. The van der Waals surface area contributed by atoms with Gasteiger partial charge in [0.1, 0.15) is 17.4 Å². The number of amides is 2. The van der Waals surface area contributed by atoms with Crippen LogP contribution in [0.3, 0.4) is 0 Å². The molecule has 2 fully saturated rings. The lowest BCUT2D eigenvalue weighted by Crippen LogP contribution is -2.52. The smallest absolute Gasteiger partial charge is 0.270 e. The number of ether oxygens (including phenoxy) is 1. The fourth-order valence-corrected chi connectivity index (χ4v) is 4.59. The Morgan fingerprint density at radius 3 is 2.47 bits per heavy atom. The number of carbonyl (C=O) groups is 2. The Kier molecular flexibility index (Phi) is 7.97. The fourth-order valence-electron chi connectivity index (χ4n) is 4.59. The minimum Gasteiger partial charge on any atom is -0.480 e. The average molecular weight is 495 g/mol. The molecule has 2 aromatic heterocycles.